The highest BCUT2D eigenvalue weighted by atomic mass is 19.4. The fourth-order valence-electron chi connectivity index (χ4n) is 4.96. The second-order valence-electron chi connectivity index (χ2n) is 12.4. The zero-order chi connectivity index (χ0) is 44.4. The summed E-state index contributed by atoms with van der Waals surface area (Å²) in [7, 11) is 0. The summed E-state index contributed by atoms with van der Waals surface area (Å²) in [6.07, 6.45) is -15.3. The van der Waals surface area contributed by atoms with Crippen molar-refractivity contribution in [2.24, 2.45) is 0 Å². The third-order valence-corrected chi connectivity index (χ3v) is 7.80. The topological polar surface area (TPSA) is 160 Å². The number of hydrogen-bond donors (Lipinski definition) is 5. The summed E-state index contributed by atoms with van der Waals surface area (Å²) in [4.78, 5) is 44.3. The van der Waals surface area contributed by atoms with Crippen molar-refractivity contribution in [3.63, 3.8) is 0 Å². The second-order valence-corrected chi connectivity index (χ2v) is 12.4. The zero-order valence-electron chi connectivity index (χ0n) is 31.2. The molecule has 1 saturated heterocycles. The van der Waals surface area contributed by atoms with E-state index in [1.54, 1.807) is 6.07 Å². The Hall–Kier alpha value is -5.28. The zero-order valence-corrected chi connectivity index (χ0v) is 31.2. The predicted octanol–water partition coefficient (Wildman–Crippen LogP) is 6.96. The number of alkyl halides is 9. The van der Waals surface area contributed by atoms with Crippen LogP contribution in [0.2, 0.25) is 0 Å². The van der Waals surface area contributed by atoms with Gasteiger partial charge in [-0.25, -0.2) is 18.8 Å². The highest BCUT2D eigenvalue weighted by molar-refractivity contribution is 5.94. The molecule has 21 heteroatoms. The standard InChI is InChI=1S/C31H39FN4O.3C2HF3O2/c1-4-35(5-2)21-26-9-7-11-28(17-26)31(37)34-19-24-12-13-30(32)29(18-24)27-10-6-8-25(16-27)22-36-15-14-33-23(3)20-36;3*3-2(4,5)1(6)7/h6-13,16-18,23,33H,4-5,14-15,19-22H2,1-3H3,(H,34,37);3*(H,6,7)/t23-;;;/m0.../s1. The quantitative estimate of drug-likeness (QED) is 0.135. The van der Waals surface area contributed by atoms with Gasteiger partial charge in [-0.15, -0.1) is 0 Å². The third kappa shape index (κ3) is 19.2. The van der Waals surface area contributed by atoms with Crippen LogP contribution >= 0.6 is 0 Å². The van der Waals surface area contributed by atoms with E-state index < -0.39 is 36.4 Å². The summed E-state index contributed by atoms with van der Waals surface area (Å²) in [5.41, 5.74) is 5.22. The largest absolute Gasteiger partial charge is 0.490 e. The first-order valence-electron chi connectivity index (χ1n) is 17.1. The lowest BCUT2D eigenvalue weighted by Gasteiger charge is -2.31. The molecule has 3 aromatic carbocycles. The van der Waals surface area contributed by atoms with E-state index in [1.807, 2.05) is 36.4 Å². The minimum atomic E-state index is -5.08. The molecule has 58 heavy (non-hydrogen) atoms. The van der Waals surface area contributed by atoms with Crippen molar-refractivity contribution in [1.29, 1.82) is 0 Å². The molecule has 3 aromatic rings. The molecule has 0 saturated carbocycles. The number of aliphatic carboxylic acids is 3. The minimum Gasteiger partial charge on any atom is -0.475 e. The van der Waals surface area contributed by atoms with E-state index in [2.05, 4.69) is 59.4 Å². The fraction of sp³-hybridized carbons (Fsp3) is 0.405. The van der Waals surface area contributed by atoms with Gasteiger partial charge in [0.2, 0.25) is 0 Å². The third-order valence-electron chi connectivity index (χ3n) is 7.80. The summed E-state index contributed by atoms with van der Waals surface area (Å²) < 4.78 is 110. The van der Waals surface area contributed by atoms with Gasteiger partial charge in [-0.05, 0) is 72.6 Å². The van der Waals surface area contributed by atoms with Gasteiger partial charge in [0.05, 0.1) is 0 Å². The Morgan fingerprint density at radius 1 is 0.759 bits per heavy atom. The van der Waals surface area contributed by atoms with Crippen molar-refractivity contribution in [1.82, 2.24) is 20.4 Å². The predicted molar refractivity (Wildman–Crippen MR) is 190 cm³/mol. The maximum absolute atomic E-state index is 14.9. The van der Waals surface area contributed by atoms with E-state index in [0.717, 1.165) is 62.5 Å². The van der Waals surface area contributed by atoms with E-state index in [-0.39, 0.29) is 11.7 Å². The Balaban J connectivity index is 0.000000655. The van der Waals surface area contributed by atoms with E-state index in [0.29, 0.717) is 23.7 Å². The number of rotatable bonds is 10. The average molecular weight is 845 g/mol. The number of benzene rings is 3. The Bertz CT molecular complexity index is 1740. The van der Waals surface area contributed by atoms with Crippen LogP contribution in [0.25, 0.3) is 11.1 Å². The molecule has 1 aliphatic rings. The minimum absolute atomic E-state index is 0.125. The van der Waals surface area contributed by atoms with Crippen LogP contribution in [-0.4, -0.2) is 106 Å². The fourth-order valence-corrected chi connectivity index (χ4v) is 4.96. The Morgan fingerprint density at radius 2 is 1.28 bits per heavy atom. The summed E-state index contributed by atoms with van der Waals surface area (Å²) in [6, 6.07) is 21.5. The van der Waals surface area contributed by atoms with Gasteiger partial charge in [-0.3, -0.25) is 14.6 Å². The normalized spacial score (nSPS) is 14.4. The number of carbonyl (C=O) groups excluding carboxylic acids is 1. The number of amides is 1. The monoisotopic (exact) mass is 844 g/mol. The number of piperazine rings is 1. The van der Waals surface area contributed by atoms with E-state index >= 15 is 0 Å². The molecule has 322 valence electrons. The van der Waals surface area contributed by atoms with Crippen LogP contribution in [0.1, 0.15) is 47.8 Å². The van der Waals surface area contributed by atoms with Gasteiger partial charge < -0.3 is 26.0 Å². The number of nitrogens with zero attached hydrogens (tertiary/aromatic N) is 2. The van der Waals surface area contributed by atoms with Crippen LogP contribution in [0.5, 0.6) is 0 Å². The molecule has 0 aliphatic carbocycles. The molecule has 5 N–H and O–H groups in total. The van der Waals surface area contributed by atoms with Crippen molar-refractivity contribution >= 4 is 23.8 Å². The van der Waals surface area contributed by atoms with Crippen LogP contribution in [0.15, 0.2) is 66.7 Å². The molecule has 1 aliphatic heterocycles. The smallest absolute Gasteiger partial charge is 0.475 e. The van der Waals surface area contributed by atoms with Crippen molar-refractivity contribution in [3.8, 4) is 11.1 Å². The number of halogens is 10. The molecule has 1 atom stereocenters. The van der Waals surface area contributed by atoms with E-state index in [9.17, 15) is 48.7 Å². The lowest BCUT2D eigenvalue weighted by atomic mass is 10.00. The van der Waals surface area contributed by atoms with Crippen molar-refractivity contribution < 1.29 is 78.4 Å². The second kappa shape index (κ2) is 23.2. The number of carbonyl (C=O) groups is 4. The molecular formula is C37H42F10N4O7. The molecule has 0 bridgehead atoms. The number of nitrogens with one attached hydrogen (secondary N) is 2. The number of hydrogen-bond acceptors (Lipinski definition) is 7. The molecule has 1 heterocycles. The molecule has 1 amide bonds. The van der Waals surface area contributed by atoms with Crippen molar-refractivity contribution in [2.45, 2.75) is 65.0 Å². The van der Waals surface area contributed by atoms with Gasteiger partial charge in [0, 0.05) is 56.4 Å². The van der Waals surface area contributed by atoms with Crippen molar-refractivity contribution in [3.05, 3.63) is 94.8 Å². The number of carboxylic acid groups (broad SMARTS) is 3. The molecule has 0 radical (unpaired) electrons. The molecule has 4 rings (SSSR count). The molecule has 1 fully saturated rings. The SMILES string of the molecule is CCN(CC)Cc1cccc(C(=O)NCc2ccc(F)c(-c3cccc(CN4CCN[C@@H](C)C4)c3)c2)c1.O=C(O)C(F)(F)F.O=C(O)C(F)(F)F.O=C(O)C(F)(F)F. The van der Waals surface area contributed by atoms with Crippen LogP contribution in [0, 0.1) is 5.82 Å². The first-order valence-corrected chi connectivity index (χ1v) is 17.1. The van der Waals surface area contributed by atoms with Crippen LogP contribution in [0.4, 0.5) is 43.9 Å². The highest BCUT2D eigenvalue weighted by Gasteiger charge is 2.39. The maximum atomic E-state index is 14.9. The lowest BCUT2D eigenvalue weighted by Crippen LogP contribution is -2.48. The Morgan fingerprint density at radius 3 is 1.78 bits per heavy atom. The first kappa shape index (κ1) is 50.7. The van der Waals surface area contributed by atoms with Gasteiger partial charge >= 0.3 is 36.4 Å². The average Bonchev–Trinajstić information content (AvgIpc) is 3.13. The number of carboxylic acids is 3. The van der Waals surface area contributed by atoms with Gasteiger partial charge in [-0.2, -0.15) is 39.5 Å². The van der Waals surface area contributed by atoms with Gasteiger partial charge in [0.1, 0.15) is 5.82 Å². The summed E-state index contributed by atoms with van der Waals surface area (Å²) >= 11 is 0. The Kier molecular flexibility index (Phi) is 20.3. The van der Waals surface area contributed by atoms with Crippen LogP contribution < -0.4 is 10.6 Å². The Labute approximate surface area is 326 Å². The van der Waals surface area contributed by atoms with Gasteiger partial charge in [-0.1, -0.05) is 50.2 Å². The van der Waals surface area contributed by atoms with E-state index in [4.69, 9.17) is 29.7 Å². The first-order chi connectivity index (χ1) is 26.8. The molecule has 0 spiro atoms. The van der Waals surface area contributed by atoms with Crippen LogP contribution in [0.3, 0.4) is 0 Å². The maximum Gasteiger partial charge on any atom is 0.490 e. The van der Waals surface area contributed by atoms with Crippen LogP contribution in [-0.2, 0) is 34.0 Å². The molecular weight excluding hydrogens is 802 g/mol. The van der Waals surface area contributed by atoms with E-state index in [1.165, 1.54) is 11.6 Å². The molecule has 0 unspecified atom stereocenters. The van der Waals surface area contributed by atoms with Gasteiger partial charge in [0.15, 0.2) is 0 Å². The summed E-state index contributed by atoms with van der Waals surface area (Å²) in [6.45, 7) is 13.4. The summed E-state index contributed by atoms with van der Waals surface area (Å²) in [5, 5.41) is 27.8. The van der Waals surface area contributed by atoms with Gasteiger partial charge in [0.25, 0.3) is 5.91 Å². The lowest BCUT2D eigenvalue weighted by molar-refractivity contribution is -0.193. The highest BCUT2D eigenvalue weighted by Crippen LogP contribution is 2.26. The molecule has 11 nitrogen and oxygen atoms in total. The molecule has 0 aromatic heterocycles. The summed E-state index contributed by atoms with van der Waals surface area (Å²) in [5.74, 6) is -8.65. The van der Waals surface area contributed by atoms with Crippen molar-refractivity contribution in [2.75, 3.05) is 32.7 Å².